The summed E-state index contributed by atoms with van der Waals surface area (Å²) < 4.78 is 5.71. The smallest absolute Gasteiger partial charge is 0.0705 e. The third-order valence-electron chi connectivity index (χ3n) is 3.00. The molecule has 0 aromatic carbocycles. The number of hydrogen-bond donors (Lipinski definition) is 1. The zero-order chi connectivity index (χ0) is 9.57. The Balaban J connectivity index is 2.15. The van der Waals surface area contributed by atoms with Crippen molar-refractivity contribution >= 4 is 0 Å². The fourth-order valence-electron chi connectivity index (χ4n) is 2.00. The molecule has 1 rings (SSSR count). The molecule has 1 fully saturated rings. The zero-order valence-electron chi connectivity index (χ0n) is 8.72. The van der Waals surface area contributed by atoms with Gasteiger partial charge >= 0.3 is 0 Å². The second-order valence-corrected chi connectivity index (χ2v) is 4.07. The molecule has 0 aromatic rings. The summed E-state index contributed by atoms with van der Waals surface area (Å²) >= 11 is 0. The molecule has 0 unspecified atom stereocenters. The quantitative estimate of drug-likeness (QED) is 0.619. The van der Waals surface area contributed by atoms with Crippen molar-refractivity contribution in [1.82, 2.24) is 0 Å². The van der Waals surface area contributed by atoms with Gasteiger partial charge in [0.2, 0.25) is 0 Å². The second-order valence-electron chi connectivity index (χ2n) is 4.07. The molecular formula is C11H22O2. The van der Waals surface area contributed by atoms with Crippen LogP contribution in [0, 0.1) is 0 Å². The summed E-state index contributed by atoms with van der Waals surface area (Å²) in [6, 6.07) is 0. The van der Waals surface area contributed by atoms with Crippen molar-refractivity contribution in [1.29, 1.82) is 0 Å². The lowest BCUT2D eigenvalue weighted by Crippen LogP contribution is -2.40. The van der Waals surface area contributed by atoms with Crippen molar-refractivity contribution in [3.8, 4) is 0 Å². The number of unbranched alkanes of at least 4 members (excludes halogenated alkanes) is 2. The van der Waals surface area contributed by atoms with Gasteiger partial charge in [-0.2, -0.15) is 0 Å². The maximum atomic E-state index is 8.70. The summed E-state index contributed by atoms with van der Waals surface area (Å²) in [6.45, 7) is 2.91. The van der Waals surface area contributed by atoms with E-state index < -0.39 is 0 Å². The highest BCUT2D eigenvalue weighted by atomic mass is 16.5. The first kappa shape index (κ1) is 11.0. The molecule has 0 heterocycles. The number of aliphatic hydroxyl groups excluding tert-OH is 1. The van der Waals surface area contributed by atoms with E-state index in [2.05, 4.69) is 6.92 Å². The van der Waals surface area contributed by atoms with Crippen LogP contribution in [-0.4, -0.2) is 23.9 Å². The van der Waals surface area contributed by atoms with E-state index in [1.165, 1.54) is 44.9 Å². The molecule has 0 spiro atoms. The Labute approximate surface area is 81.3 Å². The monoisotopic (exact) mass is 186 g/mol. The summed E-state index contributed by atoms with van der Waals surface area (Å²) in [7, 11) is 0. The number of ether oxygens (including phenoxy) is 1. The van der Waals surface area contributed by atoms with Gasteiger partial charge in [0.25, 0.3) is 0 Å². The van der Waals surface area contributed by atoms with E-state index in [0.29, 0.717) is 6.61 Å². The summed E-state index contributed by atoms with van der Waals surface area (Å²) in [5, 5.41) is 8.70. The van der Waals surface area contributed by atoms with Gasteiger partial charge in [0.1, 0.15) is 0 Å². The Morgan fingerprint density at radius 2 is 2.08 bits per heavy atom. The highest BCUT2D eigenvalue weighted by Gasteiger charge is 2.36. The summed E-state index contributed by atoms with van der Waals surface area (Å²) in [5.74, 6) is 0. The Hall–Kier alpha value is -0.0800. The molecule has 0 saturated heterocycles. The predicted octanol–water partition coefficient (Wildman–Crippen LogP) is 2.50. The Morgan fingerprint density at radius 3 is 2.54 bits per heavy atom. The SMILES string of the molecule is CCCCCC1(OCCO)CCC1. The van der Waals surface area contributed by atoms with Gasteiger partial charge in [-0.05, 0) is 25.7 Å². The van der Waals surface area contributed by atoms with E-state index >= 15 is 0 Å². The van der Waals surface area contributed by atoms with Crippen LogP contribution < -0.4 is 0 Å². The third-order valence-corrected chi connectivity index (χ3v) is 3.00. The molecular weight excluding hydrogens is 164 g/mol. The molecule has 0 atom stereocenters. The fraction of sp³-hybridized carbons (Fsp3) is 1.00. The number of aliphatic hydroxyl groups is 1. The van der Waals surface area contributed by atoms with Crippen molar-refractivity contribution in [2.75, 3.05) is 13.2 Å². The first-order chi connectivity index (χ1) is 6.33. The minimum atomic E-state index is 0.162. The van der Waals surface area contributed by atoms with Gasteiger partial charge in [-0.1, -0.05) is 26.2 Å². The van der Waals surface area contributed by atoms with E-state index in [0.717, 1.165) is 0 Å². The van der Waals surface area contributed by atoms with Gasteiger partial charge in [-0.15, -0.1) is 0 Å². The first-order valence-electron chi connectivity index (χ1n) is 5.58. The molecule has 78 valence electrons. The molecule has 2 heteroatoms. The third kappa shape index (κ3) is 3.28. The van der Waals surface area contributed by atoms with E-state index in [1.807, 2.05) is 0 Å². The number of hydrogen-bond acceptors (Lipinski definition) is 2. The van der Waals surface area contributed by atoms with Crippen LogP contribution in [-0.2, 0) is 4.74 Å². The van der Waals surface area contributed by atoms with Crippen LogP contribution in [0.4, 0.5) is 0 Å². The van der Waals surface area contributed by atoms with Crippen molar-refractivity contribution in [3.05, 3.63) is 0 Å². The molecule has 0 bridgehead atoms. The van der Waals surface area contributed by atoms with Crippen LogP contribution in [0.15, 0.2) is 0 Å². The maximum absolute atomic E-state index is 8.70. The van der Waals surface area contributed by atoms with Crippen molar-refractivity contribution in [3.63, 3.8) is 0 Å². The number of rotatable bonds is 7. The predicted molar refractivity (Wildman–Crippen MR) is 53.8 cm³/mol. The van der Waals surface area contributed by atoms with Crippen molar-refractivity contribution in [2.24, 2.45) is 0 Å². The molecule has 1 aliphatic carbocycles. The highest BCUT2D eigenvalue weighted by Crippen LogP contribution is 2.39. The van der Waals surface area contributed by atoms with Crippen LogP contribution in [0.2, 0.25) is 0 Å². The fourth-order valence-corrected chi connectivity index (χ4v) is 2.00. The lowest BCUT2D eigenvalue weighted by Gasteiger charge is -2.41. The highest BCUT2D eigenvalue weighted by molar-refractivity contribution is 4.89. The Kier molecular flexibility index (Phi) is 4.74. The minimum absolute atomic E-state index is 0.162. The van der Waals surface area contributed by atoms with Gasteiger partial charge < -0.3 is 9.84 Å². The summed E-state index contributed by atoms with van der Waals surface area (Å²) in [6.07, 6.45) is 8.77. The molecule has 2 nitrogen and oxygen atoms in total. The lowest BCUT2D eigenvalue weighted by molar-refractivity contribution is -0.114. The van der Waals surface area contributed by atoms with Crippen LogP contribution in [0.1, 0.15) is 51.9 Å². The molecule has 0 amide bonds. The molecule has 1 saturated carbocycles. The average molecular weight is 186 g/mol. The van der Waals surface area contributed by atoms with Crippen molar-refractivity contribution < 1.29 is 9.84 Å². The summed E-state index contributed by atoms with van der Waals surface area (Å²) in [4.78, 5) is 0. The van der Waals surface area contributed by atoms with Crippen LogP contribution >= 0.6 is 0 Å². The van der Waals surface area contributed by atoms with Crippen LogP contribution in [0.5, 0.6) is 0 Å². The van der Waals surface area contributed by atoms with E-state index in [1.54, 1.807) is 0 Å². The largest absolute Gasteiger partial charge is 0.394 e. The molecule has 0 aliphatic heterocycles. The lowest BCUT2D eigenvalue weighted by atomic mass is 9.76. The Morgan fingerprint density at radius 1 is 1.31 bits per heavy atom. The van der Waals surface area contributed by atoms with Crippen molar-refractivity contribution in [2.45, 2.75) is 57.5 Å². The van der Waals surface area contributed by atoms with Gasteiger partial charge in [0, 0.05) is 0 Å². The van der Waals surface area contributed by atoms with Gasteiger partial charge in [0.05, 0.1) is 18.8 Å². The summed E-state index contributed by atoms with van der Waals surface area (Å²) in [5.41, 5.74) is 0.165. The maximum Gasteiger partial charge on any atom is 0.0705 e. The van der Waals surface area contributed by atoms with Gasteiger partial charge in [-0.25, -0.2) is 0 Å². The molecule has 0 radical (unpaired) electrons. The molecule has 13 heavy (non-hydrogen) atoms. The van der Waals surface area contributed by atoms with Crippen LogP contribution in [0.25, 0.3) is 0 Å². The normalized spacial score (nSPS) is 19.8. The van der Waals surface area contributed by atoms with E-state index in [4.69, 9.17) is 9.84 Å². The second kappa shape index (κ2) is 5.61. The molecule has 1 N–H and O–H groups in total. The van der Waals surface area contributed by atoms with Gasteiger partial charge in [-0.3, -0.25) is 0 Å². The van der Waals surface area contributed by atoms with E-state index in [-0.39, 0.29) is 12.2 Å². The van der Waals surface area contributed by atoms with Gasteiger partial charge in [0.15, 0.2) is 0 Å². The molecule has 1 aliphatic rings. The average Bonchev–Trinajstić information content (AvgIpc) is 2.08. The Bertz CT molecular complexity index is 130. The molecule has 0 aromatic heterocycles. The standard InChI is InChI=1S/C11H22O2/c1-2-3-4-6-11(7-5-8-11)13-10-9-12/h12H,2-10H2,1H3. The van der Waals surface area contributed by atoms with Crippen LogP contribution in [0.3, 0.4) is 0 Å². The topological polar surface area (TPSA) is 29.5 Å². The minimum Gasteiger partial charge on any atom is -0.394 e. The first-order valence-corrected chi connectivity index (χ1v) is 5.58. The van der Waals surface area contributed by atoms with E-state index in [9.17, 15) is 0 Å². The zero-order valence-corrected chi connectivity index (χ0v) is 8.72.